The third-order valence-corrected chi connectivity index (χ3v) is 3.71. The summed E-state index contributed by atoms with van der Waals surface area (Å²) in [6.07, 6.45) is 0.835. The van der Waals surface area contributed by atoms with E-state index in [2.05, 4.69) is 56.9 Å². The maximum Gasteiger partial charge on any atom is 0.200 e. The smallest absolute Gasteiger partial charge is 0.200 e. The van der Waals surface area contributed by atoms with Gasteiger partial charge in [0.2, 0.25) is 0 Å². The van der Waals surface area contributed by atoms with Gasteiger partial charge in [0.05, 0.1) is 5.69 Å². The Morgan fingerprint density at radius 3 is 2.16 bits per heavy atom. The summed E-state index contributed by atoms with van der Waals surface area (Å²) in [4.78, 5) is 4.42. The molecule has 1 aromatic carbocycles. The molecule has 1 heterocycles. The van der Waals surface area contributed by atoms with Crippen LogP contribution in [-0.4, -0.2) is 9.55 Å². The van der Waals surface area contributed by atoms with Gasteiger partial charge < -0.3 is 10.3 Å². The summed E-state index contributed by atoms with van der Waals surface area (Å²) in [5.74, 6) is 0.582. The molecule has 102 valence electrons. The molecule has 1 aromatic heterocycles. The fourth-order valence-electron chi connectivity index (χ4n) is 2.14. The lowest BCUT2D eigenvalue weighted by molar-refractivity contribution is 0.590. The quantitative estimate of drug-likeness (QED) is 0.898. The van der Waals surface area contributed by atoms with Gasteiger partial charge in [-0.2, -0.15) is 0 Å². The molecule has 0 spiro atoms. The van der Waals surface area contributed by atoms with E-state index in [4.69, 9.17) is 5.73 Å². The molecule has 0 unspecified atom stereocenters. The number of aromatic nitrogens is 2. The molecule has 0 saturated carbocycles. The second-order valence-corrected chi connectivity index (χ2v) is 6.18. The van der Waals surface area contributed by atoms with Crippen molar-refractivity contribution in [3.8, 4) is 0 Å². The number of anilines is 1. The summed E-state index contributed by atoms with van der Waals surface area (Å²) in [6.45, 7) is 8.74. The van der Waals surface area contributed by atoms with Gasteiger partial charge in [-0.25, -0.2) is 4.98 Å². The Morgan fingerprint density at radius 1 is 1.16 bits per heavy atom. The number of hydrogen-bond donors (Lipinski definition) is 1. The number of imidazole rings is 1. The van der Waals surface area contributed by atoms with Crippen LogP contribution in [0.5, 0.6) is 0 Å². The summed E-state index contributed by atoms with van der Waals surface area (Å²) in [5.41, 5.74) is 10.8. The Balaban J connectivity index is 2.22. The van der Waals surface area contributed by atoms with E-state index < -0.39 is 0 Å². The topological polar surface area (TPSA) is 43.8 Å². The van der Waals surface area contributed by atoms with Gasteiger partial charge in [-0.1, -0.05) is 45.0 Å². The lowest BCUT2D eigenvalue weighted by Crippen LogP contribution is -2.10. The van der Waals surface area contributed by atoms with Crippen molar-refractivity contribution in [2.24, 2.45) is 7.05 Å². The summed E-state index contributed by atoms with van der Waals surface area (Å²) in [5, 5.41) is 0. The van der Waals surface area contributed by atoms with Crippen molar-refractivity contribution in [3.63, 3.8) is 0 Å². The fraction of sp³-hybridized carbons (Fsp3) is 0.438. The Kier molecular flexibility index (Phi) is 3.40. The van der Waals surface area contributed by atoms with Gasteiger partial charge >= 0.3 is 0 Å². The highest BCUT2D eigenvalue weighted by molar-refractivity contribution is 5.34. The number of nitrogens with zero attached hydrogens (tertiary/aromatic N) is 2. The third-order valence-electron chi connectivity index (χ3n) is 3.71. The zero-order valence-electron chi connectivity index (χ0n) is 12.5. The van der Waals surface area contributed by atoms with Crippen LogP contribution in [0.2, 0.25) is 0 Å². The fourth-order valence-corrected chi connectivity index (χ4v) is 2.14. The van der Waals surface area contributed by atoms with Crippen molar-refractivity contribution in [2.45, 2.75) is 39.5 Å². The molecular weight excluding hydrogens is 234 g/mol. The van der Waals surface area contributed by atoms with Gasteiger partial charge in [0, 0.05) is 19.2 Å². The van der Waals surface area contributed by atoms with Crippen molar-refractivity contribution < 1.29 is 0 Å². The molecule has 0 aliphatic carbocycles. The van der Waals surface area contributed by atoms with Crippen molar-refractivity contribution in [1.82, 2.24) is 9.55 Å². The standard InChI is InChI=1S/C16H23N3/c1-11-14(18-15(17)19(11)5)10-12-6-8-13(9-7-12)16(2,3)4/h6-9H,10H2,1-5H3,(H2,17,18). The zero-order chi connectivity index (χ0) is 14.2. The van der Waals surface area contributed by atoms with Gasteiger partial charge in [0.15, 0.2) is 5.95 Å². The van der Waals surface area contributed by atoms with Crippen LogP contribution in [-0.2, 0) is 18.9 Å². The molecule has 0 radical (unpaired) electrons. The number of nitrogen functional groups attached to an aromatic ring is 1. The molecule has 2 rings (SSSR count). The van der Waals surface area contributed by atoms with Gasteiger partial charge in [0.1, 0.15) is 0 Å². The van der Waals surface area contributed by atoms with E-state index >= 15 is 0 Å². The van der Waals surface area contributed by atoms with Crippen LogP contribution >= 0.6 is 0 Å². The van der Waals surface area contributed by atoms with Crippen LogP contribution in [0.25, 0.3) is 0 Å². The molecule has 0 bridgehead atoms. The average Bonchev–Trinajstić information content (AvgIpc) is 2.57. The van der Waals surface area contributed by atoms with E-state index in [1.54, 1.807) is 0 Å². The lowest BCUT2D eigenvalue weighted by Gasteiger charge is -2.19. The first kappa shape index (κ1) is 13.7. The lowest BCUT2D eigenvalue weighted by atomic mass is 9.86. The van der Waals surface area contributed by atoms with Gasteiger partial charge in [0.25, 0.3) is 0 Å². The minimum absolute atomic E-state index is 0.198. The van der Waals surface area contributed by atoms with Crippen molar-refractivity contribution in [1.29, 1.82) is 0 Å². The van der Waals surface area contributed by atoms with Crippen molar-refractivity contribution in [3.05, 3.63) is 46.8 Å². The molecule has 0 aliphatic heterocycles. The molecule has 2 aromatic rings. The summed E-state index contributed by atoms with van der Waals surface area (Å²) in [6, 6.07) is 8.78. The van der Waals surface area contributed by atoms with Gasteiger partial charge in [-0.15, -0.1) is 0 Å². The molecule has 0 saturated heterocycles. The Morgan fingerprint density at radius 2 is 1.74 bits per heavy atom. The van der Waals surface area contributed by atoms with Crippen LogP contribution < -0.4 is 5.73 Å². The maximum absolute atomic E-state index is 5.83. The molecule has 0 fully saturated rings. The van der Waals surface area contributed by atoms with Crippen molar-refractivity contribution in [2.75, 3.05) is 5.73 Å². The van der Waals surface area contributed by atoms with Gasteiger partial charge in [-0.05, 0) is 23.5 Å². The first-order chi connectivity index (χ1) is 8.79. The van der Waals surface area contributed by atoms with E-state index in [1.165, 1.54) is 11.1 Å². The summed E-state index contributed by atoms with van der Waals surface area (Å²) < 4.78 is 1.93. The molecule has 3 heteroatoms. The molecule has 3 nitrogen and oxygen atoms in total. The van der Waals surface area contributed by atoms with E-state index in [-0.39, 0.29) is 5.41 Å². The van der Waals surface area contributed by atoms with E-state index in [1.807, 2.05) is 11.6 Å². The third kappa shape index (κ3) is 2.80. The predicted octanol–water partition coefficient (Wildman–Crippen LogP) is 3.20. The average molecular weight is 257 g/mol. The molecule has 0 atom stereocenters. The maximum atomic E-state index is 5.83. The SMILES string of the molecule is Cc1c(Cc2ccc(C(C)(C)C)cc2)nc(N)n1C. The van der Waals surface area contributed by atoms with Crippen LogP contribution in [0.3, 0.4) is 0 Å². The Bertz CT molecular complexity index is 571. The predicted molar refractivity (Wildman–Crippen MR) is 80.3 cm³/mol. The molecule has 0 aliphatic rings. The van der Waals surface area contributed by atoms with Crippen LogP contribution in [0.4, 0.5) is 5.95 Å². The Labute approximate surface area is 115 Å². The number of benzene rings is 1. The Hall–Kier alpha value is -1.77. The van der Waals surface area contributed by atoms with Crippen LogP contribution in [0.1, 0.15) is 43.3 Å². The molecule has 0 amide bonds. The summed E-state index contributed by atoms with van der Waals surface area (Å²) in [7, 11) is 1.95. The number of nitrogens with two attached hydrogens (primary N) is 1. The number of hydrogen-bond acceptors (Lipinski definition) is 2. The first-order valence-corrected chi connectivity index (χ1v) is 6.66. The molecule has 2 N–H and O–H groups in total. The minimum atomic E-state index is 0.198. The highest BCUT2D eigenvalue weighted by atomic mass is 15.1. The molecular formula is C16H23N3. The highest BCUT2D eigenvalue weighted by Crippen LogP contribution is 2.23. The monoisotopic (exact) mass is 257 g/mol. The van der Waals surface area contributed by atoms with Crippen molar-refractivity contribution >= 4 is 5.95 Å². The van der Waals surface area contributed by atoms with Crippen LogP contribution in [0.15, 0.2) is 24.3 Å². The second-order valence-electron chi connectivity index (χ2n) is 6.18. The normalized spacial score (nSPS) is 11.8. The number of rotatable bonds is 2. The highest BCUT2D eigenvalue weighted by Gasteiger charge is 2.14. The van der Waals surface area contributed by atoms with E-state index in [9.17, 15) is 0 Å². The van der Waals surface area contributed by atoms with Gasteiger partial charge in [-0.3, -0.25) is 0 Å². The van der Waals surface area contributed by atoms with Crippen LogP contribution in [0, 0.1) is 6.92 Å². The van der Waals surface area contributed by atoms with E-state index in [0.717, 1.165) is 17.8 Å². The molecule has 19 heavy (non-hydrogen) atoms. The first-order valence-electron chi connectivity index (χ1n) is 6.66. The van der Waals surface area contributed by atoms with E-state index in [0.29, 0.717) is 5.95 Å². The largest absolute Gasteiger partial charge is 0.369 e. The minimum Gasteiger partial charge on any atom is -0.369 e. The zero-order valence-corrected chi connectivity index (χ0v) is 12.5. The summed E-state index contributed by atoms with van der Waals surface area (Å²) >= 11 is 0. The second kappa shape index (κ2) is 4.72.